The van der Waals surface area contributed by atoms with E-state index in [1.54, 1.807) is 0 Å². The zero-order chi connectivity index (χ0) is 8.39. The summed E-state index contributed by atoms with van der Waals surface area (Å²) in [5.74, 6) is 0.956. The first kappa shape index (κ1) is 8.52. The molecular weight excluding hydrogens is 148 g/mol. The van der Waals surface area contributed by atoms with Crippen LogP contribution < -0.4 is 5.32 Å². The molecule has 0 atom stereocenters. The van der Waals surface area contributed by atoms with E-state index in [1.807, 2.05) is 0 Å². The van der Waals surface area contributed by atoms with Gasteiger partial charge in [0.05, 0.1) is 0 Å². The molecule has 2 rings (SSSR count). The lowest BCUT2D eigenvalue weighted by Gasteiger charge is -2.33. The molecule has 0 aromatic rings. The van der Waals surface area contributed by atoms with Crippen molar-refractivity contribution in [2.75, 3.05) is 26.2 Å². The molecule has 2 nitrogen and oxygen atoms in total. The fraction of sp³-hybridized carbons (Fsp3) is 1.00. The van der Waals surface area contributed by atoms with Gasteiger partial charge in [-0.05, 0) is 31.7 Å². The summed E-state index contributed by atoms with van der Waals surface area (Å²) in [6.45, 7) is 7.47. The molecule has 2 heteroatoms. The van der Waals surface area contributed by atoms with Crippen LogP contribution in [-0.2, 0) is 0 Å². The van der Waals surface area contributed by atoms with Crippen LogP contribution in [0.15, 0.2) is 0 Å². The minimum Gasteiger partial charge on any atom is -0.316 e. The molecule has 1 heterocycles. The normalized spacial score (nSPS) is 24.5. The summed E-state index contributed by atoms with van der Waals surface area (Å²) in [5, 5.41) is 3.34. The highest BCUT2D eigenvalue weighted by atomic mass is 15.2. The molecule has 1 N–H and O–H groups in total. The zero-order valence-corrected chi connectivity index (χ0v) is 8.05. The van der Waals surface area contributed by atoms with E-state index >= 15 is 0 Å². The van der Waals surface area contributed by atoms with Gasteiger partial charge in [-0.25, -0.2) is 0 Å². The minimum absolute atomic E-state index is 0.956. The van der Waals surface area contributed by atoms with Crippen molar-refractivity contribution in [1.29, 1.82) is 0 Å². The zero-order valence-electron chi connectivity index (χ0n) is 8.05. The Morgan fingerprint density at radius 2 is 2.08 bits per heavy atom. The van der Waals surface area contributed by atoms with Crippen molar-refractivity contribution in [3.8, 4) is 0 Å². The highest BCUT2D eigenvalue weighted by molar-refractivity contribution is 4.87. The summed E-state index contributed by atoms with van der Waals surface area (Å²) in [7, 11) is 0. The van der Waals surface area contributed by atoms with Crippen LogP contribution in [0.25, 0.3) is 0 Å². The van der Waals surface area contributed by atoms with Crippen molar-refractivity contribution in [3.63, 3.8) is 0 Å². The summed E-state index contributed by atoms with van der Waals surface area (Å²) in [5.41, 5.74) is 0. The fourth-order valence-corrected chi connectivity index (χ4v) is 1.96. The Labute approximate surface area is 75.3 Å². The van der Waals surface area contributed by atoms with E-state index in [9.17, 15) is 0 Å². The van der Waals surface area contributed by atoms with Gasteiger partial charge in [-0.15, -0.1) is 0 Å². The van der Waals surface area contributed by atoms with Crippen molar-refractivity contribution in [2.24, 2.45) is 5.92 Å². The molecule has 1 aliphatic carbocycles. The quantitative estimate of drug-likeness (QED) is 0.661. The third-order valence-corrected chi connectivity index (χ3v) is 2.93. The van der Waals surface area contributed by atoms with Crippen molar-refractivity contribution >= 4 is 0 Å². The molecule has 0 unspecified atom stereocenters. The number of hydrogen-bond acceptors (Lipinski definition) is 2. The van der Waals surface area contributed by atoms with Crippen LogP contribution in [0.1, 0.15) is 26.2 Å². The SMILES string of the molecule is CCCN(CC1CNC1)C1CC1. The van der Waals surface area contributed by atoms with E-state index in [-0.39, 0.29) is 0 Å². The molecule has 0 amide bonds. The smallest absolute Gasteiger partial charge is 0.00965 e. The maximum absolute atomic E-state index is 3.34. The number of hydrogen-bond donors (Lipinski definition) is 1. The van der Waals surface area contributed by atoms with Crippen LogP contribution in [0, 0.1) is 5.92 Å². The van der Waals surface area contributed by atoms with Crippen molar-refractivity contribution in [1.82, 2.24) is 10.2 Å². The number of rotatable bonds is 5. The van der Waals surface area contributed by atoms with E-state index in [1.165, 1.54) is 45.4 Å². The highest BCUT2D eigenvalue weighted by Gasteiger charge is 2.31. The Kier molecular flexibility index (Phi) is 2.66. The van der Waals surface area contributed by atoms with E-state index in [2.05, 4.69) is 17.1 Å². The van der Waals surface area contributed by atoms with Crippen LogP contribution in [-0.4, -0.2) is 37.1 Å². The molecular formula is C10H20N2. The lowest BCUT2D eigenvalue weighted by Crippen LogP contribution is -2.48. The summed E-state index contributed by atoms with van der Waals surface area (Å²) in [6, 6.07) is 0.963. The van der Waals surface area contributed by atoms with Gasteiger partial charge in [-0.3, -0.25) is 0 Å². The van der Waals surface area contributed by atoms with Crippen LogP contribution in [0.2, 0.25) is 0 Å². The third-order valence-electron chi connectivity index (χ3n) is 2.93. The third kappa shape index (κ3) is 1.99. The molecule has 1 saturated heterocycles. The summed E-state index contributed by atoms with van der Waals surface area (Å²) in [6.07, 6.45) is 4.23. The fourth-order valence-electron chi connectivity index (χ4n) is 1.96. The Morgan fingerprint density at radius 3 is 2.50 bits per heavy atom. The number of nitrogens with zero attached hydrogens (tertiary/aromatic N) is 1. The van der Waals surface area contributed by atoms with Crippen molar-refractivity contribution in [3.05, 3.63) is 0 Å². The molecule has 0 radical (unpaired) electrons. The first-order valence-corrected chi connectivity index (χ1v) is 5.35. The van der Waals surface area contributed by atoms with Crippen LogP contribution >= 0.6 is 0 Å². The van der Waals surface area contributed by atoms with Gasteiger partial charge in [0.25, 0.3) is 0 Å². The lowest BCUT2D eigenvalue weighted by atomic mass is 10.0. The second-order valence-electron chi connectivity index (χ2n) is 4.25. The molecule has 1 aliphatic heterocycles. The van der Waals surface area contributed by atoms with Crippen molar-refractivity contribution in [2.45, 2.75) is 32.2 Å². The van der Waals surface area contributed by atoms with Gasteiger partial charge in [0.1, 0.15) is 0 Å². The maximum Gasteiger partial charge on any atom is 0.00965 e. The monoisotopic (exact) mass is 168 g/mol. The minimum atomic E-state index is 0.956. The van der Waals surface area contributed by atoms with Gasteiger partial charge in [-0.1, -0.05) is 6.92 Å². The molecule has 2 aliphatic rings. The summed E-state index contributed by atoms with van der Waals surface area (Å²) >= 11 is 0. The van der Waals surface area contributed by atoms with Crippen LogP contribution in [0.3, 0.4) is 0 Å². The molecule has 12 heavy (non-hydrogen) atoms. The molecule has 70 valence electrons. The topological polar surface area (TPSA) is 15.3 Å². The predicted molar refractivity (Wildman–Crippen MR) is 51.2 cm³/mol. The van der Waals surface area contributed by atoms with Crippen LogP contribution in [0.4, 0.5) is 0 Å². The van der Waals surface area contributed by atoms with E-state index in [4.69, 9.17) is 0 Å². The van der Waals surface area contributed by atoms with E-state index in [0.717, 1.165) is 12.0 Å². The Bertz CT molecular complexity index is 139. The maximum atomic E-state index is 3.34. The second-order valence-corrected chi connectivity index (χ2v) is 4.25. The Morgan fingerprint density at radius 1 is 1.33 bits per heavy atom. The second kappa shape index (κ2) is 3.75. The molecule has 2 fully saturated rings. The van der Waals surface area contributed by atoms with Gasteiger partial charge in [0.2, 0.25) is 0 Å². The summed E-state index contributed by atoms with van der Waals surface area (Å²) in [4.78, 5) is 2.70. The first-order valence-electron chi connectivity index (χ1n) is 5.35. The first-order chi connectivity index (χ1) is 5.90. The largest absolute Gasteiger partial charge is 0.316 e. The average molecular weight is 168 g/mol. The van der Waals surface area contributed by atoms with Gasteiger partial charge >= 0.3 is 0 Å². The van der Waals surface area contributed by atoms with E-state index in [0.29, 0.717) is 0 Å². The highest BCUT2D eigenvalue weighted by Crippen LogP contribution is 2.27. The van der Waals surface area contributed by atoms with Gasteiger partial charge in [0, 0.05) is 25.7 Å². The van der Waals surface area contributed by atoms with Crippen molar-refractivity contribution < 1.29 is 0 Å². The summed E-state index contributed by atoms with van der Waals surface area (Å²) < 4.78 is 0. The Hall–Kier alpha value is -0.0800. The molecule has 0 aromatic heterocycles. The molecule has 0 bridgehead atoms. The Balaban J connectivity index is 1.71. The van der Waals surface area contributed by atoms with Gasteiger partial charge < -0.3 is 10.2 Å². The predicted octanol–water partition coefficient (Wildman–Crippen LogP) is 1.08. The number of nitrogens with one attached hydrogen (secondary N) is 1. The lowest BCUT2D eigenvalue weighted by molar-refractivity contribution is 0.185. The molecule has 1 saturated carbocycles. The molecule has 0 aromatic carbocycles. The van der Waals surface area contributed by atoms with Gasteiger partial charge in [-0.2, -0.15) is 0 Å². The van der Waals surface area contributed by atoms with Crippen LogP contribution in [0.5, 0.6) is 0 Å². The van der Waals surface area contributed by atoms with E-state index < -0.39 is 0 Å². The van der Waals surface area contributed by atoms with Gasteiger partial charge in [0.15, 0.2) is 0 Å². The average Bonchev–Trinajstić information content (AvgIpc) is 2.76. The molecule has 0 spiro atoms. The standard InChI is InChI=1S/C10H20N2/c1-2-5-12(10-3-4-10)8-9-6-11-7-9/h9-11H,2-8H2,1H3.